The number of hydrogen-bond donors (Lipinski definition) is 3. The Morgan fingerprint density at radius 3 is 2.62 bits per heavy atom. The number of benzene rings is 1. The summed E-state index contributed by atoms with van der Waals surface area (Å²) >= 11 is 2.48. The molecule has 0 saturated carbocycles. The topological polar surface area (TPSA) is 144 Å². The molecule has 1 aromatic carbocycles. The number of nitriles is 1. The molecule has 0 aliphatic rings. The highest BCUT2D eigenvalue weighted by Gasteiger charge is 2.28. The van der Waals surface area contributed by atoms with E-state index < -0.39 is 17.9 Å². The summed E-state index contributed by atoms with van der Waals surface area (Å²) in [6, 6.07) is 14.6. The first-order valence-corrected chi connectivity index (χ1v) is 12.1. The third-order valence-electron chi connectivity index (χ3n) is 5.14. The maximum absolute atomic E-state index is 12.8. The summed E-state index contributed by atoms with van der Waals surface area (Å²) in [5, 5.41) is 15.6. The summed E-state index contributed by atoms with van der Waals surface area (Å²) in [4.78, 5) is 30.8. The van der Waals surface area contributed by atoms with E-state index in [1.807, 2.05) is 47.8 Å². The van der Waals surface area contributed by atoms with Crippen LogP contribution in [-0.4, -0.2) is 29.5 Å². The number of aromatic nitrogens is 1. The zero-order valence-corrected chi connectivity index (χ0v) is 19.8. The zero-order chi connectivity index (χ0) is 24.2. The van der Waals surface area contributed by atoms with Gasteiger partial charge in [0.05, 0.1) is 12.3 Å². The number of carbonyl (C=O) groups excluding carboxylic acids is 2. The van der Waals surface area contributed by atoms with Crippen LogP contribution >= 0.6 is 22.7 Å². The highest BCUT2D eigenvalue weighted by molar-refractivity contribution is 7.21. The summed E-state index contributed by atoms with van der Waals surface area (Å²) in [5.41, 5.74) is 13.7. The van der Waals surface area contributed by atoms with Crippen molar-refractivity contribution in [2.24, 2.45) is 5.73 Å². The molecule has 5 N–H and O–H groups in total. The minimum absolute atomic E-state index is 0.174. The van der Waals surface area contributed by atoms with E-state index in [-0.39, 0.29) is 28.6 Å². The van der Waals surface area contributed by atoms with Gasteiger partial charge in [0, 0.05) is 22.2 Å². The van der Waals surface area contributed by atoms with E-state index in [0.717, 1.165) is 21.8 Å². The van der Waals surface area contributed by atoms with Gasteiger partial charge < -0.3 is 21.5 Å². The molecule has 10 heteroatoms. The fraction of sp³-hybridized carbons (Fsp3) is 0.167. The summed E-state index contributed by atoms with van der Waals surface area (Å²) in [5.74, 6) is -0.915. The highest BCUT2D eigenvalue weighted by Crippen LogP contribution is 2.44. The molecule has 1 atom stereocenters. The lowest BCUT2D eigenvalue weighted by atomic mass is 10.0. The molecule has 8 nitrogen and oxygen atoms in total. The number of esters is 1. The van der Waals surface area contributed by atoms with Crippen molar-refractivity contribution < 1.29 is 14.3 Å². The smallest absolute Gasteiger partial charge is 0.328 e. The molecule has 0 spiro atoms. The molecule has 0 aliphatic heterocycles. The minimum Gasteiger partial charge on any atom is -0.464 e. The van der Waals surface area contributed by atoms with Crippen LogP contribution in [0.2, 0.25) is 0 Å². The number of nitrogens with one attached hydrogen (secondary N) is 1. The van der Waals surface area contributed by atoms with Crippen LogP contribution in [0.5, 0.6) is 0 Å². The van der Waals surface area contributed by atoms with Crippen LogP contribution in [0.1, 0.15) is 27.7 Å². The van der Waals surface area contributed by atoms with Gasteiger partial charge in [0.15, 0.2) is 0 Å². The van der Waals surface area contributed by atoms with E-state index in [4.69, 9.17) is 16.2 Å². The van der Waals surface area contributed by atoms with Crippen molar-refractivity contribution >= 4 is 56.3 Å². The summed E-state index contributed by atoms with van der Waals surface area (Å²) in [7, 11) is 0. The molecule has 4 aromatic rings. The maximum atomic E-state index is 12.8. The van der Waals surface area contributed by atoms with E-state index in [9.17, 15) is 14.9 Å². The molecule has 34 heavy (non-hydrogen) atoms. The maximum Gasteiger partial charge on any atom is 0.328 e. The predicted octanol–water partition coefficient (Wildman–Crippen LogP) is 4.16. The molecule has 0 aliphatic carbocycles. The Bertz CT molecular complexity index is 1390. The van der Waals surface area contributed by atoms with E-state index in [2.05, 4.69) is 16.4 Å². The van der Waals surface area contributed by atoms with Crippen LogP contribution in [0.4, 0.5) is 11.5 Å². The number of rotatable bonds is 8. The van der Waals surface area contributed by atoms with Crippen molar-refractivity contribution in [2.45, 2.75) is 19.4 Å². The Hall–Kier alpha value is -3.94. The molecular formula is C24H21N5O3S2. The van der Waals surface area contributed by atoms with Crippen molar-refractivity contribution in [2.75, 3.05) is 17.7 Å². The number of fused-ring (bicyclic) bond motifs is 1. The number of amides is 1. The Balaban J connectivity index is 1.89. The van der Waals surface area contributed by atoms with E-state index in [1.165, 1.54) is 11.3 Å². The quantitative estimate of drug-likeness (QED) is 0.314. The Labute approximate surface area is 203 Å². The van der Waals surface area contributed by atoms with Crippen LogP contribution < -0.4 is 16.8 Å². The van der Waals surface area contributed by atoms with Crippen LogP contribution in [0.3, 0.4) is 0 Å². The Morgan fingerprint density at radius 2 is 2.00 bits per heavy atom. The van der Waals surface area contributed by atoms with Crippen molar-refractivity contribution in [3.8, 4) is 16.5 Å². The molecule has 0 saturated heterocycles. The molecule has 3 heterocycles. The Morgan fingerprint density at radius 1 is 1.24 bits per heavy atom. The van der Waals surface area contributed by atoms with E-state index >= 15 is 0 Å². The molecule has 0 radical (unpaired) electrons. The molecule has 1 amide bonds. The van der Waals surface area contributed by atoms with Gasteiger partial charge in [-0.25, -0.2) is 9.78 Å². The number of nitrogen functional groups attached to an aromatic ring is 1. The van der Waals surface area contributed by atoms with Gasteiger partial charge in [-0.05, 0) is 23.9 Å². The van der Waals surface area contributed by atoms with Crippen LogP contribution in [0.15, 0.2) is 47.8 Å². The first-order valence-electron chi connectivity index (χ1n) is 10.4. The lowest BCUT2D eigenvalue weighted by Crippen LogP contribution is -2.34. The third-order valence-corrected chi connectivity index (χ3v) is 7.15. The van der Waals surface area contributed by atoms with E-state index in [1.54, 1.807) is 6.92 Å². The number of carbonyl (C=O) groups is 2. The molecule has 3 aromatic heterocycles. The van der Waals surface area contributed by atoms with Crippen LogP contribution in [0, 0.1) is 11.3 Å². The molecule has 0 fully saturated rings. The molecule has 0 bridgehead atoms. The van der Waals surface area contributed by atoms with E-state index in [0.29, 0.717) is 22.2 Å². The van der Waals surface area contributed by atoms with Gasteiger partial charge in [-0.2, -0.15) is 5.26 Å². The molecule has 1 unspecified atom stereocenters. The molecule has 172 valence electrons. The second-order valence-corrected chi connectivity index (χ2v) is 9.27. The van der Waals surface area contributed by atoms with Gasteiger partial charge in [-0.3, -0.25) is 4.79 Å². The van der Waals surface area contributed by atoms with Gasteiger partial charge >= 0.3 is 5.97 Å². The number of ether oxygens (including phenoxy) is 1. The monoisotopic (exact) mass is 491 g/mol. The number of nitrogens with two attached hydrogens (primary N) is 2. The number of nitrogens with zero attached hydrogens (tertiary/aromatic N) is 2. The highest BCUT2D eigenvalue weighted by atomic mass is 32.1. The molecular weight excluding hydrogens is 470 g/mol. The van der Waals surface area contributed by atoms with Crippen LogP contribution in [0.25, 0.3) is 20.7 Å². The van der Waals surface area contributed by atoms with Crippen LogP contribution in [-0.2, 0) is 16.0 Å². The fourth-order valence-electron chi connectivity index (χ4n) is 3.67. The summed E-state index contributed by atoms with van der Waals surface area (Å²) in [6.07, 6.45) is 0.331. The second kappa shape index (κ2) is 9.91. The zero-order valence-electron chi connectivity index (χ0n) is 18.2. The first kappa shape index (κ1) is 23.2. The SMILES string of the molecule is CCOC(=O)C(Cc1ccccc1)Nc1nc2sc(C(N)=O)c(N)c2c(-c2cccs2)c1C#N. The largest absolute Gasteiger partial charge is 0.464 e. The van der Waals surface area contributed by atoms with Crippen molar-refractivity contribution in [1.82, 2.24) is 4.98 Å². The average molecular weight is 492 g/mol. The third kappa shape index (κ3) is 4.44. The summed E-state index contributed by atoms with van der Waals surface area (Å²) in [6.45, 7) is 1.95. The minimum atomic E-state index is -0.788. The Kier molecular flexibility index (Phi) is 6.77. The normalized spacial score (nSPS) is 11.6. The van der Waals surface area contributed by atoms with Crippen molar-refractivity contribution in [3.05, 3.63) is 63.8 Å². The van der Waals surface area contributed by atoms with Gasteiger partial charge in [-0.1, -0.05) is 36.4 Å². The lowest BCUT2D eigenvalue weighted by molar-refractivity contribution is -0.144. The second-order valence-electron chi connectivity index (χ2n) is 7.33. The average Bonchev–Trinajstić information content (AvgIpc) is 3.47. The van der Waals surface area contributed by atoms with Crippen molar-refractivity contribution in [3.63, 3.8) is 0 Å². The summed E-state index contributed by atoms with van der Waals surface area (Å²) < 4.78 is 5.28. The number of primary amides is 1. The number of hydrogen-bond acceptors (Lipinski definition) is 9. The standard InChI is InChI=1S/C24H21N5O3S2/c1-2-32-24(31)15(11-13-7-4-3-5-8-13)28-22-14(12-25)17(16-9-6-10-33-16)18-19(26)20(21(27)30)34-23(18)29-22/h3-10,15H,2,11,26H2,1H3,(H2,27,30)(H,28,29). The number of thiophene rings is 2. The fourth-order valence-corrected chi connectivity index (χ4v) is 5.41. The van der Waals surface area contributed by atoms with Gasteiger partial charge in [0.1, 0.15) is 33.2 Å². The number of anilines is 2. The van der Waals surface area contributed by atoms with Crippen molar-refractivity contribution in [1.29, 1.82) is 5.26 Å². The lowest BCUT2D eigenvalue weighted by Gasteiger charge is -2.20. The number of pyridine rings is 1. The first-order chi connectivity index (χ1) is 16.4. The molecule has 4 rings (SSSR count). The van der Waals surface area contributed by atoms with Gasteiger partial charge in [0.25, 0.3) is 5.91 Å². The van der Waals surface area contributed by atoms with Gasteiger partial charge in [-0.15, -0.1) is 22.7 Å². The van der Waals surface area contributed by atoms with Gasteiger partial charge in [0.2, 0.25) is 0 Å². The predicted molar refractivity (Wildman–Crippen MR) is 135 cm³/mol.